The van der Waals surface area contributed by atoms with Crippen LogP contribution in [0.4, 0.5) is 5.95 Å². The van der Waals surface area contributed by atoms with Gasteiger partial charge in [-0.05, 0) is 19.9 Å². The first-order chi connectivity index (χ1) is 7.70. The molecule has 2 aromatic rings. The highest BCUT2D eigenvalue weighted by molar-refractivity contribution is 6.02. The van der Waals surface area contributed by atoms with Crippen molar-refractivity contribution in [2.75, 3.05) is 5.32 Å². The molecule has 0 spiro atoms. The van der Waals surface area contributed by atoms with Crippen LogP contribution < -0.4 is 5.32 Å². The lowest BCUT2D eigenvalue weighted by Gasteiger charge is -2.03. The van der Waals surface area contributed by atoms with Crippen molar-refractivity contribution in [1.82, 2.24) is 19.7 Å². The summed E-state index contributed by atoms with van der Waals surface area (Å²) in [5, 5.41) is 6.86. The van der Waals surface area contributed by atoms with Gasteiger partial charge >= 0.3 is 0 Å². The Kier molecular flexibility index (Phi) is 2.72. The minimum Gasteiger partial charge on any atom is -0.331 e. The van der Waals surface area contributed by atoms with Crippen LogP contribution in [0.5, 0.6) is 0 Å². The Morgan fingerprint density at radius 2 is 2.44 bits per heavy atom. The number of aryl methyl sites for hydroxylation is 2. The van der Waals surface area contributed by atoms with Crippen LogP contribution in [0.1, 0.15) is 23.1 Å². The molecule has 0 aliphatic carbocycles. The number of anilines is 1. The minimum absolute atomic E-state index is 0.211. The molecule has 16 heavy (non-hydrogen) atoms. The predicted molar refractivity (Wildman–Crippen MR) is 59.2 cm³/mol. The van der Waals surface area contributed by atoms with Gasteiger partial charge in [0, 0.05) is 18.9 Å². The van der Waals surface area contributed by atoms with E-state index < -0.39 is 0 Å². The molecule has 1 amide bonds. The molecule has 2 aromatic heterocycles. The summed E-state index contributed by atoms with van der Waals surface area (Å²) in [7, 11) is 0. The monoisotopic (exact) mass is 219 g/mol. The Morgan fingerprint density at radius 1 is 1.62 bits per heavy atom. The van der Waals surface area contributed by atoms with Gasteiger partial charge in [0.05, 0.1) is 5.69 Å². The lowest BCUT2D eigenvalue weighted by molar-refractivity contribution is 0.101. The van der Waals surface area contributed by atoms with E-state index in [1.807, 2.05) is 13.8 Å². The fourth-order valence-corrected chi connectivity index (χ4v) is 1.47. The zero-order chi connectivity index (χ0) is 11.5. The molecule has 0 saturated heterocycles. The molecule has 0 atom stereocenters. The predicted octanol–water partition coefficient (Wildman–Crippen LogP) is 1.19. The number of carbonyl (C=O) groups is 1. The number of nitrogens with one attached hydrogen (secondary N) is 2. The Bertz CT molecular complexity index is 485. The van der Waals surface area contributed by atoms with E-state index in [2.05, 4.69) is 20.4 Å². The maximum absolute atomic E-state index is 11.9. The molecule has 0 aromatic carbocycles. The van der Waals surface area contributed by atoms with Crippen molar-refractivity contribution in [2.45, 2.75) is 20.4 Å². The molecule has 0 aliphatic rings. The SMILES string of the molecule is CCn1nc(C)cc1C(=O)Nc1ncc[nH]1. The molecule has 0 fully saturated rings. The number of amides is 1. The van der Waals surface area contributed by atoms with Crippen LogP contribution in [-0.2, 0) is 6.54 Å². The van der Waals surface area contributed by atoms with Crippen molar-refractivity contribution >= 4 is 11.9 Å². The highest BCUT2D eigenvalue weighted by Crippen LogP contribution is 2.06. The fourth-order valence-electron chi connectivity index (χ4n) is 1.47. The quantitative estimate of drug-likeness (QED) is 0.814. The minimum atomic E-state index is -0.211. The Labute approximate surface area is 92.7 Å². The van der Waals surface area contributed by atoms with Crippen LogP contribution in [-0.4, -0.2) is 25.7 Å². The number of imidazole rings is 1. The van der Waals surface area contributed by atoms with E-state index in [0.29, 0.717) is 18.2 Å². The molecule has 2 N–H and O–H groups in total. The number of aromatic nitrogens is 4. The third kappa shape index (κ3) is 1.95. The molecule has 2 heterocycles. The molecule has 0 unspecified atom stereocenters. The van der Waals surface area contributed by atoms with E-state index in [1.165, 1.54) is 0 Å². The number of hydrogen-bond donors (Lipinski definition) is 2. The summed E-state index contributed by atoms with van der Waals surface area (Å²) >= 11 is 0. The van der Waals surface area contributed by atoms with Gasteiger partial charge in [-0.2, -0.15) is 5.10 Å². The van der Waals surface area contributed by atoms with Crippen LogP contribution in [0.3, 0.4) is 0 Å². The molecule has 0 aliphatic heterocycles. The summed E-state index contributed by atoms with van der Waals surface area (Å²) in [6.07, 6.45) is 3.23. The highest BCUT2D eigenvalue weighted by Gasteiger charge is 2.13. The van der Waals surface area contributed by atoms with Crippen LogP contribution in [0.15, 0.2) is 18.5 Å². The van der Waals surface area contributed by atoms with Gasteiger partial charge in [0.2, 0.25) is 5.95 Å². The summed E-state index contributed by atoms with van der Waals surface area (Å²) in [6.45, 7) is 4.46. The largest absolute Gasteiger partial charge is 0.331 e. The molecule has 6 heteroatoms. The first kappa shape index (κ1) is 10.4. The second kappa shape index (κ2) is 4.18. The van der Waals surface area contributed by atoms with Gasteiger partial charge in [-0.25, -0.2) is 4.98 Å². The normalized spacial score (nSPS) is 10.4. The standard InChI is InChI=1S/C10H13N5O/c1-3-15-8(6-7(2)14-15)9(16)13-10-11-4-5-12-10/h4-6H,3H2,1-2H3,(H2,11,12,13,16). The van der Waals surface area contributed by atoms with E-state index in [-0.39, 0.29) is 5.91 Å². The maximum atomic E-state index is 11.9. The number of hydrogen-bond acceptors (Lipinski definition) is 3. The fraction of sp³-hybridized carbons (Fsp3) is 0.300. The van der Waals surface area contributed by atoms with Gasteiger partial charge in [0.1, 0.15) is 5.69 Å². The lowest BCUT2D eigenvalue weighted by Crippen LogP contribution is -2.17. The number of carbonyl (C=O) groups excluding carboxylic acids is 1. The van der Waals surface area contributed by atoms with E-state index in [9.17, 15) is 4.79 Å². The molecule has 0 bridgehead atoms. The third-order valence-electron chi connectivity index (χ3n) is 2.16. The second-order valence-electron chi connectivity index (χ2n) is 3.38. The smallest absolute Gasteiger partial charge is 0.276 e. The van der Waals surface area contributed by atoms with Crippen molar-refractivity contribution in [2.24, 2.45) is 0 Å². The molecule has 2 rings (SSSR count). The van der Waals surface area contributed by atoms with Gasteiger partial charge in [0.25, 0.3) is 5.91 Å². The van der Waals surface area contributed by atoms with Crippen molar-refractivity contribution in [1.29, 1.82) is 0 Å². The van der Waals surface area contributed by atoms with Crippen LogP contribution in [0.2, 0.25) is 0 Å². The Balaban J connectivity index is 2.20. The summed E-state index contributed by atoms with van der Waals surface area (Å²) in [6, 6.07) is 1.75. The zero-order valence-electron chi connectivity index (χ0n) is 9.19. The molecule has 6 nitrogen and oxygen atoms in total. The molecule has 0 saturated carbocycles. The zero-order valence-corrected chi connectivity index (χ0v) is 9.19. The maximum Gasteiger partial charge on any atom is 0.276 e. The van der Waals surface area contributed by atoms with E-state index in [0.717, 1.165) is 5.69 Å². The summed E-state index contributed by atoms with van der Waals surface area (Å²) < 4.78 is 1.66. The third-order valence-corrected chi connectivity index (χ3v) is 2.16. The number of nitrogens with zero attached hydrogens (tertiary/aromatic N) is 3. The molecule has 0 radical (unpaired) electrons. The Morgan fingerprint density at radius 3 is 3.06 bits per heavy atom. The number of H-pyrrole nitrogens is 1. The van der Waals surface area contributed by atoms with Crippen LogP contribution in [0, 0.1) is 6.92 Å². The second-order valence-corrected chi connectivity index (χ2v) is 3.38. The number of rotatable bonds is 3. The molecular formula is C10H13N5O. The van der Waals surface area contributed by atoms with Gasteiger partial charge < -0.3 is 4.98 Å². The first-order valence-electron chi connectivity index (χ1n) is 5.06. The summed E-state index contributed by atoms with van der Waals surface area (Å²) in [5.74, 6) is 0.226. The van der Waals surface area contributed by atoms with Gasteiger partial charge in [0.15, 0.2) is 0 Å². The Hall–Kier alpha value is -2.11. The van der Waals surface area contributed by atoms with Gasteiger partial charge in [-0.3, -0.25) is 14.8 Å². The summed E-state index contributed by atoms with van der Waals surface area (Å²) in [4.78, 5) is 18.6. The topological polar surface area (TPSA) is 75.6 Å². The van der Waals surface area contributed by atoms with Crippen LogP contribution in [0.25, 0.3) is 0 Å². The lowest BCUT2D eigenvalue weighted by atomic mass is 10.3. The summed E-state index contributed by atoms with van der Waals surface area (Å²) in [5.41, 5.74) is 1.36. The van der Waals surface area contributed by atoms with Crippen molar-refractivity contribution < 1.29 is 4.79 Å². The van der Waals surface area contributed by atoms with Crippen molar-refractivity contribution in [3.63, 3.8) is 0 Å². The van der Waals surface area contributed by atoms with Gasteiger partial charge in [-0.15, -0.1) is 0 Å². The van der Waals surface area contributed by atoms with Gasteiger partial charge in [-0.1, -0.05) is 0 Å². The molecule has 84 valence electrons. The first-order valence-corrected chi connectivity index (χ1v) is 5.06. The van der Waals surface area contributed by atoms with E-state index in [4.69, 9.17) is 0 Å². The van der Waals surface area contributed by atoms with Crippen molar-refractivity contribution in [3.05, 3.63) is 29.8 Å². The number of aromatic amines is 1. The molecular weight excluding hydrogens is 206 g/mol. The average molecular weight is 219 g/mol. The van der Waals surface area contributed by atoms with Crippen LogP contribution >= 0.6 is 0 Å². The van der Waals surface area contributed by atoms with E-state index in [1.54, 1.807) is 23.1 Å². The van der Waals surface area contributed by atoms with E-state index >= 15 is 0 Å². The average Bonchev–Trinajstić information content (AvgIpc) is 2.86. The highest BCUT2D eigenvalue weighted by atomic mass is 16.2. The van der Waals surface area contributed by atoms with Crippen molar-refractivity contribution in [3.8, 4) is 0 Å².